The highest BCUT2D eigenvalue weighted by Crippen LogP contribution is 2.50. The fraction of sp³-hybridized carbons (Fsp3) is 0.364. The van der Waals surface area contributed by atoms with E-state index in [1.165, 1.54) is 7.11 Å². The van der Waals surface area contributed by atoms with Gasteiger partial charge in [0.15, 0.2) is 0 Å². The van der Waals surface area contributed by atoms with E-state index < -0.39 is 5.41 Å². The number of esters is 1. The van der Waals surface area contributed by atoms with Gasteiger partial charge in [-0.05, 0) is 23.3 Å². The Balaban J connectivity index is 1.94. The van der Waals surface area contributed by atoms with Crippen molar-refractivity contribution in [3.8, 4) is 0 Å². The van der Waals surface area contributed by atoms with Gasteiger partial charge in [0.1, 0.15) is 0 Å². The average molecular weight is 399 g/mol. The quantitative estimate of drug-likeness (QED) is 0.779. The van der Waals surface area contributed by atoms with Gasteiger partial charge >= 0.3 is 5.97 Å². The molecular formula is C22H26N2O3S. The van der Waals surface area contributed by atoms with Crippen LogP contribution in [-0.2, 0) is 27.3 Å². The van der Waals surface area contributed by atoms with Gasteiger partial charge in [0, 0.05) is 28.8 Å². The zero-order valence-electron chi connectivity index (χ0n) is 17.0. The second-order valence-electron chi connectivity index (χ2n) is 7.88. The Bertz CT molecular complexity index is 918. The van der Waals surface area contributed by atoms with Gasteiger partial charge in [0.25, 0.3) is 0 Å². The number of amides is 1. The van der Waals surface area contributed by atoms with Gasteiger partial charge in [0.05, 0.1) is 24.9 Å². The molecule has 148 valence electrons. The predicted molar refractivity (Wildman–Crippen MR) is 112 cm³/mol. The summed E-state index contributed by atoms with van der Waals surface area (Å²) in [5, 5.41) is 3.04. The lowest BCUT2D eigenvalue weighted by Gasteiger charge is -2.32. The molecule has 2 aromatic rings. The molecule has 0 saturated carbocycles. The van der Waals surface area contributed by atoms with Crippen molar-refractivity contribution >= 4 is 35.0 Å². The van der Waals surface area contributed by atoms with Gasteiger partial charge in [-0.15, -0.1) is 0 Å². The summed E-state index contributed by atoms with van der Waals surface area (Å²) in [6.07, 6.45) is 0.235. The zero-order chi connectivity index (χ0) is 20.5. The van der Waals surface area contributed by atoms with Crippen molar-refractivity contribution in [3.05, 3.63) is 47.5 Å². The number of anilines is 2. The van der Waals surface area contributed by atoms with E-state index in [-0.39, 0.29) is 18.3 Å². The molecule has 2 aromatic carbocycles. The molecule has 1 heterocycles. The van der Waals surface area contributed by atoms with Crippen molar-refractivity contribution in [1.29, 1.82) is 0 Å². The number of carbonyl (C=O) groups is 2. The van der Waals surface area contributed by atoms with Crippen molar-refractivity contribution in [2.75, 3.05) is 19.1 Å². The summed E-state index contributed by atoms with van der Waals surface area (Å²) in [4.78, 5) is 28.4. The lowest BCUT2D eigenvalue weighted by molar-refractivity contribution is -0.139. The molecule has 0 unspecified atom stereocenters. The van der Waals surface area contributed by atoms with Gasteiger partial charge in [-0.3, -0.25) is 9.59 Å². The summed E-state index contributed by atoms with van der Waals surface area (Å²) in [5.74, 6) is -0.237. The third-order valence-electron chi connectivity index (χ3n) is 4.76. The standard InChI is InChI=1S/C22H26N2O3S/c1-22(2,3)21(26)23-13-15-9-7-11-17-20(15)28-19-14(12-18(25)27-5)8-6-10-16(19)24(17)4/h6-11H,12-13H2,1-5H3,(H,23,26). The Kier molecular flexibility index (Phi) is 5.70. The highest BCUT2D eigenvalue weighted by atomic mass is 32.2. The van der Waals surface area contributed by atoms with Crippen LogP contribution in [0, 0.1) is 5.41 Å². The van der Waals surface area contributed by atoms with Gasteiger partial charge in [-0.2, -0.15) is 0 Å². The minimum absolute atomic E-state index is 0.0195. The van der Waals surface area contributed by atoms with Crippen molar-refractivity contribution in [1.82, 2.24) is 5.32 Å². The number of hydrogen-bond acceptors (Lipinski definition) is 5. The highest BCUT2D eigenvalue weighted by Gasteiger charge is 2.26. The molecule has 0 aromatic heterocycles. The second kappa shape index (κ2) is 7.87. The Labute approximate surface area is 170 Å². The summed E-state index contributed by atoms with van der Waals surface area (Å²) in [7, 11) is 3.43. The molecule has 0 saturated heterocycles. The van der Waals surface area contributed by atoms with E-state index in [2.05, 4.69) is 22.3 Å². The maximum atomic E-state index is 12.3. The highest BCUT2D eigenvalue weighted by molar-refractivity contribution is 7.99. The molecule has 0 atom stereocenters. The largest absolute Gasteiger partial charge is 0.469 e. The molecule has 0 bridgehead atoms. The number of hydrogen-bond donors (Lipinski definition) is 1. The van der Waals surface area contributed by atoms with Crippen LogP contribution in [0.1, 0.15) is 31.9 Å². The molecule has 6 heteroatoms. The number of nitrogens with zero attached hydrogens (tertiary/aromatic N) is 1. The molecule has 1 amide bonds. The van der Waals surface area contributed by atoms with Crippen LogP contribution in [0.3, 0.4) is 0 Å². The van der Waals surface area contributed by atoms with E-state index in [1.54, 1.807) is 11.8 Å². The van der Waals surface area contributed by atoms with E-state index in [9.17, 15) is 9.59 Å². The maximum Gasteiger partial charge on any atom is 0.310 e. The third kappa shape index (κ3) is 4.02. The van der Waals surface area contributed by atoms with Gasteiger partial charge in [0.2, 0.25) is 5.91 Å². The van der Waals surface area contributed by atoms with Crippen LogP contribution in [-0.4, -0.2) is 26.0 Å². The average Bonchev–Trinajstić information content (AvgIpc) is 2.66. The van der Waals surface area contributed by atoms with Crippen molar-refractivity contribution < 1.29 is 14.3 Å². The first kappa shape index (κ1) is 20.3. The summed E-state index contributed by atoms with van der Waals surface area (Å²) < 4.78 is 4.85. The number of ether oxygens (including phenoxy) is 1. The third-order valence-corrected chi connectivity index (χ3v) is 6.11. The van der Waals surface area contributed by atoms with Crippen LogP contribution < -0.4 is 10.2 Å². The zero-order valence-corrected chi connectivity index (χ0v) is 17.8. The Morgan fingerprint density at radius 2 is 1.61 bits per heavy atom. The van der Waals surface area contributed by atoms with E-state index in [0.717, 1.165) is 32.3 Å². The molecule has 3 rings (SSSR count). The topological polar surface area (TPSA) is 58.6 Å². The molecule has 1 aliphatic heterocycles. The first-order valence-corrected chi connectivity index (χ1v) is 10.0. The van der Waals surface area contributed by atoms with Crippen LogP contribution >= 0.6 is 11.8 Å². The summed E-state index contributed by atoms with van der Waals surface area (Å²) in [6, 6.07) is 12.1. The number of rotatable bonds is 4. The molecular weight excluding hydrogens is 372 g/mol. The van der Waals surface area contributed by atoms with Crippen LogP contribution in [0.15, 0.2) is 46.2 Å². The van der Waals surface area contributed by atoms with Crippen LogP contribution in [0.4, 0.5) is 11.4 Å². The van der Waals surface area contributed by atoms with E-state index >= 15 is 0 Å². The molecule has 0 aliphatic carbocycles. The lowest BCUT2D eigenvalue weighted by Crippen LogP contribution is -2.34. The Hall–Kier alpha value is -2.47. The number of methoxy groups -OCH3 is 1. The number of nitrogens with one attached hydrogen (secondary N) is 1. The van der Waals surface area contributed by atoms with Gasteiger partial charge in [-0.25, -0.2) is 0 Å². The fourth-order valence-electron chi connectivity index (χ4n) is 3.09. The Morgan fingerprint density at radius 3 is 2.18 bits per heavy atom. The summed E-state index contributed by atoms with van der Waals surface area (Å²) in [6.45, 7) is 6.18. The smallest absolute Gasteiger partial charge is 0.310 e. The minimum atomic E-state index is -0.431. The minimum Gasteiger partial charge on any atom is -0.469 e. The lowest BCUT2D eigenvalue weighted by atomic mass is 9.95. The number of carbonyl (C=O) groups excluding carboxylic acids is 2. The first-order valence-electron chi connectivity index (χ1n) is 9.23. The SMILES string of the molecule is COC(=O)Cc1cccc2c1Sc1c(CNC(=O)C(C)(C)C)cccc1N2C. The Morgan fingerprint density at radius 1 is 1.04 bits per heavy atom. The molecule has 28 heavy (non-hydrogen) atoms. The molecule has 5 nitrogen and oxygen atoms in total. The van der Waals surface area contributed by atoms with Gasteiger partial charge in [-0.1, -0.05) is 56.8 Å². The second-order valence-corrected chi connectivity index (χ2v) is 8.90. The van der Waals surface area contributed by atoms with E-state index in [4.69, 9.17) is 4.74 Å². The molecule has 1 N–H and O–H groups in total. The van der Waals surface area contributed by atoms with Crippen LogP contribution in [0.5, 0.6) is 0 Å². The van der Waals surface area contributed by atoms with E-state index in [1.807, 2.05) is 52.1 Å². The fourth-order valence-corrected chi connectivity index (χ4v) is 4.45. The predicted octanol–water partition coefficient (Wildman–Crippen LogP) is 4.30. The van der Waals surface area contributed by atoms with Crippen LogP contribution in [0.25, 0.3) is 0 Å². The number of benzene rings is 2. The first-order chi connectivity index (χ1) is 13.2. The van der Waals surface area contributed by atoms with Crippen LogP contribution in [0.2, 0.25) is 0 Å². The molecule has 1 aliphatic rings. The van der Waals surface area contributed by atoms with Crippen molar-refractivity contribution in [2.45, 2.75) is 43.5 Å². The normalized spacial score (nSPS) is 12.8. The molecule has 0 fully saturated rings. The van der Waals surface area contributed by atoms with Gasteiger partial charge < -0.3 is 15.0 Å². The summed E-state index contributed by atoms with van der Waals surface area (Å²) >= 11 is 1.65. The summed E-state index contributed by atoms with van der Waals surface area (Å²) in [5.41, 5.74) is 3.73. The molecule has 0 radical (unpaired) electrons. The maximum absolute atomic E-state index is 12.3. The van der Waals surface area contributed by atoms with E-state index in [0.29, 0.717) is 6.54 Å². The molecule has 0 spiro atoms. The monoisotopic (exact) mass is 398 g/mol. The van der Waals surface area contributed by atoms with Crippen molar-refractivity contribution in [2.24, 2.45) is 5.41 Å². The van der Waals surface area contributed by atoms with Crippen molar-refractivity contribution in [3.63, 3.8) is 0 Å². The number of fused-ring (bicyclic) bond motifs is 2.